The summed E-state index contributed by atoms with van der Waals surface area (Å²) in [6, 6.07) is 2.58. The Kier molecular flexibility index (Phi) is 5.64. The summed E-state index contributed by atoms with van der Waals surface area (Å²) >= 11 is 0. The number of nitro benzene ring substituents is 1. The van der Waals surface area contributed by atoms with E-state index in [0.29, 0.717) is 0 Å². The molecule has 2 fully saturated rings. The van der Waals surface area contributed by atoms with Gasteiger partial charge in [0.15, 0.2) is 12.4 Å². The Morgan fingerprint density at radius 2 is 1.88 bits per heavy atom. The Labute approximate surface area is 182 Å². The molecule has 0 aromatic heterocycles. The van der Waals surface area contributed by atoms with Gasteiger partial charge in [-0.3, -0.25) is 19.7 Å². The van der Waals surface area contributed by atoms with Gasteiger partial charge in [-0.15, -0.1) is 0 Å². The highest BCUT2D eigenvalue weighted by Gasteiger charge is 2.59. The van der Waals surface area contributed by atoms with Gasteiger partial charge in [-0.25, -0.2) is 4.79 Å². The maximum absolute atomic E-state index is 12.7. The predicted octanol–water partition coefficient (Wildman–Crippen LogP) is 1.69. The largest absolute Gasteiger partial charge is 0.490 e. The van der Waals surface area contributed by atoms with Gasteiger partial charge in [-0.2, -0.15) is 10.1 Å². The summed E-state index contributed by atoms with van der Waals surface area (Å²) in [6.07, 6.45) is 5.97. The number of fused-ring (bicyclic) bond motifs is 5. The first-order valence-corrected chi connectivity index (χ1v) is 10.1. The van der Waals surface area contributed by atoms with Crippen molar-refractivity contribution in [2.24, 2.45) is 28.8 Å². The summed E-state index contributed by atoms with van der Waals surface area (Å²) in [5, 5.41) is 16.5. The molecule has 3 aliphatic rings. The number of amides is 2. The number of carbonyl (C=O) groups excluding carboxylic acids is 3. The molecule has 2 bridgehead atoms. The standard InChI is InChI=1S/C21H21N3O8/c1-3-31-15-7-11(6-14(24(28)29)19(15)32-10-16(25)30-2)9-22-23-20(26)17-12-4-5-13(8-12)18(17)21(23)27/h4-7,9,12-13,17-18H,3,8,10H2,1-2H3/t12-,13-,17-,18+/m0/s1. The number of carbonyl (C=O) groups is 3. The molecule has 0 radical (unpaired) electrons. The van der Waals surface area contributed by atoms with E-state index in [2.05, 4.69) is 9.84 Å². The second-order valence-corrected chi connectivity index (χ2v) is 7.65. The van der Waals surface area contributed by atoms with Crippen LogP contribution in [0.2, 0.25) is 0 Å². The van der Waals surface area contributed by atoms with E-state index in [1.807, 2.05) is 12.2 Å². The number of allylic oxidation sites excluding steroid dienone is 2. The lowest BCUT2D eigenvalue weighted by Gasteiger charge is -2.13. The van der Waals surface area contributed by atoms with E-state index in [9.17, 15) is 24.5 Å². The number of imide groups is 1. The highest BCUT2D eigenvalue weighted by Crippen LogP contribution is 2.52. The topological polar surface area (TPSA) is 138 Å². The number of nitrogens with zero attached hydrogens (tertiary/aromatic N) is 3. The third-order valence-corrected chi connectivity index (χ3v) is 5.89. The molecule has 11 nitrogen and oxygen atoms in total. The average molecular weight is 443 g/mol. The van der Waals surface area contributed by atoms with E-state index in [4.69, 9.17) is 9.47 Å². The molecule has 1 saturated carbocycles. The number of hydrogen-bond acceptors (Lipinski definition) is 9. The van der Waals surface area contributed by atoms with Crippen LogP contribution in [0.1, 0.15) is 18.9 Å². The third kappa shape index (κ3) is 3.59. The van der Waals surface area contributed by atoms with Crippen molar-refractivity contribution in [1.29, 1.82) is 0 Å². The van der Waals surface area contributed by atoms with Gasteiger partial charge in [0, 0.05) is 11.6 Å². The summed E-state index contributed by atoms with van der Waals surface area (Å²) in [7, 11) is 1.17. The van der Waals surface area contributed by atoms with Crippen LogP contribution < -0.4 is 9.47 Å². The average Bonchev–Trinajstić information content (AvgIpc) is 3.45. The second kappa shape index (κ2) is 8.40. The Hall–Kier alpha value is -3.76. The number of esters is 1. The summed E-state index contributed by atoms with van der Waals surface area (Å²) in [6.45, 7) is 1.31. The minimum Gasteiger partial charge on any atom is -0.490 e. The normalized spacial score (nSPS) is 25.5. The van der Waals surface area contributed by atoms with Gasteiger partial charge >= 0.3 is 11.7 Å². The number of nitro groups is 1. The highest BCUT2D eigenvalue weighted by molar-refractivity contribution is 6.06. The van der Waals surface area contributed by atoms with Gasteiger partial charge in [0.2, 0.25) is 5.75 Å². The fourth-order valence-corrected chi connectivity index (χ4v) is 4.54. The van der Waals surface area contributed by atoms with E-state index in [-0.39, 0.29) is 47.3 Å². The number of hydrogen-bond donors (Lipinski definition) is 0. The molecule has 1 aliphatic heterocycles. The molecule has 4 atom stereocenters. The maximum Gasteiger partial charge on any atom is 0.343 e. The van der Waals surface area contributed by atoms with E-state index in [0.717, 1.165) is 17.5 Å². The van der Waals surface area contributed by atoms with Crippen LogP contribution >= 0.6 is 0 Å². The summed E-state index contributed by atoms with van der Waals surface area (Å²) in [5.74, 6) is -2.31. The first kappa shape index (κ1) is 21.5. The molecule has 168 valence electrons. The number of benzene rings is 1. The SMILES string of the molecule is CCOc1cc(C=NN2C(=O)[C@@H]3[C@H](C2=O)[C@H]2C=C[C@H]3C2)cc([N+](=O)[O-])c1OCC(=O)OC. The van der Waals surface area contributed by atoms with Crippen LogP contribution in [0.5, 0.6) is 11.5 Å². The number of rotatable bonds is 8. The molecule has 11 heteroatoms. The molecule has 2 amide bonds. The van der Waals surface area contributed by atoms with Crippen LogP contribution in [0.15, 0.2) is 29.4 Å². The molecule has 1 aromatic carbocycles. The summed E-state index contributed by atoms with van der Waals surface area (Å²) < 4.78 is 15.2. The van der Waals surface area contributed by atoms with E-state index >= 15 is 0 Å². The zero-order valence-electron chi connectivity index (χ0n) is 17.4. The monoisotopic (exact) mass is 443 g/mol. The van der Waals surface area contributed by atoms with Crippen molar-refractivity contribution >= 4 is 29.7 Å². The predicted molar refractivity (Wildman–Crippen MR) is 109 cm³/mol. The molecule has 1 heterocycles. The van der Waals surface area contributed by atoms with Crippen LogP contribution in [0, 0.1) is 33.8 Å². The van der Waals surface area contributed by atoms with Gasteiger partial charge in [0.05, 0.1) is 36.7 Å². The lowest BCUT2D eigenvalue weighted by molar-refractivity contribution is -0.385. The fourth-order valence-electron chi connectivity index (χ4n) is 4.54. The summed E-state index contributed by atoms with van der Waals surface area (Å²) in [4.78, 5) is 47.8. The molecule has 0 spiro atoms. The fraction of sp³-hybridized carbons (Fsp3) is 0.429. The van der Waals surface area contributed by atoms with Crippen molar-refractivity contribution in [2.45, 2.75) is 13.3 Å². The van der Waals surface area contributed by atoms with Crippen molar-refractivity contribution in [2.75, 3.05) is 20.3 Å². The molecule has 1 saturated heterocycles. The molecular weight excluding hydrogens is 422 g/mol. The van der Waals surface area contributed by atoms with Gasteiger partial charge in [-0.05, 0) is 31.2 Å². The van der Waals surface area contributed by atoms with Gasteiger partial charge in [-0.1, -0.05) is 12.2 Å². The number of ether oxygens (including phenoxy) is 3. The first-order chi connectivity index (χ1) is 15.3. The van der Waals surface area contributed by atoms with Crippen LogP contribution in [0.25, 0.3) is 0 Å². The zero-order valence-corrected chi connectivity index (χ0v) is 17.4. The molecule has 0 N–H and O–H groups in total. The van der Waals surface area contributed by atoms with Gasteiger partial charge in [0.1, 0.15) is 0 Å². The maximum atomic E-state index is 12.7. The molecule has 32 heavy (non-hydrogen) atoms. The lowest BCUT2D eigenvalue weighted by atomic mass is 9.85. The van der Waals surface area contributed by atoms with Crippen molar-refractivity contribution < 1.29 is 33.5 Å². The third-order valence-electron chi connectivity index (χ3n) is 5.89. The Morgan fingerprint density at radius 1 is 1.22 bits per heavy atom. The van der Waals surface area contributed by atoms with Crippen LogP contribution in [-0.4, -0.2) is 54.3 Å². The van der Waals surface area contributed by atoms with Crippen LogP contribution in [-0.2, 0) is 19.1 Å². The Balaban J connectivity index is 1.61. The minimum atomic E-state index is -0.715. The summed E-state index contributed by atoms with van der Waals surface area (Å²) in [5.41, 5.74) is -0.233. The van der Waals surface area contributed by atoms with Crippen LogP contribution in [0.4, 0.5) is 5.69 Å². The molecule has 2 aliphatic carbocycles. The lowest BCUT2D eigenvalue weighted by Crippen LogP contribution is -2.28. The van der Waals surface area contributed by atoms with Crippen LogP contribution in [0.3, 0.4) is 0 Å². The van der Waals surface area contributed by atoms with Crippen molar-refractivity contribution in [3.8, 4) is 11.5 Å². The molecule has 0 unspecified atom stereocenters. The van der Waals surface area contributed by atoms with E-state index in [1.54, 1.807) is 6.92 Å². The Bertz CT molecular complexity index is 1020. The number of hydrazone groups is 1. The van der Waals surface area contributed by atoms with E-state index < -0.39 is 35.0 Å². The number of methoxy groups -OCH3 is 1. The second-order valence-electron chi connectivity index (χ2n) is 7.65. The smallest absolute Gasteiger partial charge is 0.343 e. The molecular formula is C21H21N3O8. The zero-order chi connectivity index (χ0) is 23.0. The molecule has 1 aromatic rings. The minimum absolute atomic E-state index is 0.0187. The quantitative estimate of drug-likeness (QED) is 0.148. The van der Waals surface area contributed by atoms with Crippen molar-refractivity contribution in [3.05, 3.63) is 40.0 Å². The van der Waals surface area contributed by atoms with Crippen molar-refractivity contribution in [1.82, 2.24) is 5.01 Å². The molecule has 4 rings (SSSR count). The van der Waals surface area contributed by atoms with Gasteiger partial charge in [0.25, 0.3) is 11.8 Å². The first-order valence-electron chi connectivity index (χ1n) is 10.1. The van der Waals surface area contributed by atoms with E-state index in [1.165, 1.54) is 19.4 Å². The van der Waals surface area contributed by atoms with Gasteiger partial charge < -0.3 is 14.2 Å². The van der Waals surface area contributed by atoms with Crippen molar-refractivity contribution in [3.63, 3.8) is 0 Å². The Morgan fingerprint density at radius 3 is 2.44 bits per heavy atom. The highest BCUT2D eigenvalue weighted by atomic mass is 16.6.